The molecule has 1 aliphatic heterocycles. The van der Waals surface area contributed by atoms with Gasteiger partial charge in [-0.05, 0) is 30.2 Å². The number of benzene rings is 1. The highest BCUT2D eigenvalue weighted by atomic mass is 16.4. The Bertz CT molecular complexity index is 374. The molecule has 0 aromatic heterocycles. The van der Waals surface area contributed by atoms with E-state index < -0.39 is 5.97 Å². The Balaban J connectivity index is 2.42. The summed E-state index contributed by atoms with van der Waals surface area (Å²) in [5, 5.41) is 12.1. The van der Waals surface area contributed by atoms with Crippen LogP contribution in [0.3, 0.4) is 0 Å². The Labute approximate surface area is 82.8 Å². The van der Waals surface area contributed by atoms with Crippen LogP contribution in [-0.4, -0.2) is 17.6 Å². The zero-order chi connectivity index (χ0) is 10.1. The Kier molecular flexibility index (Phi) is 2.15. The smallest absolute Gasteiger partial charge is 0.335 e. The van der Waals surface area contributed by atoms with Crippen LogP contribution in [0.4, 0.5) is 5.69 Å². The van der Waals surface area contributed by atoms with Crippen LogP contribution in [-0.2, 0) is 0 Å². The lowest BCUT2D eigenvalue weighted by Crippen LogP contribution is -2.00. The second-order valence-electron chi connectivity index (χ2n) is 3.59. The zero-order valence-electron chi connectivity index (χ0n) is 8.08. The number of carboxylic acids is 1. The van der Waals surface area contributed by atoms with Gasteiger partial charge in [0.05, 0.1) is 5.56 Å². The van der Waals surface area contributed by atoms with Gasteiger partial charge in [-0.25, -0.2) is 4.79 Å². The van der Waals surface area contributed by atoms with Gasteiger partial charge in [-0.15, -0.1) is 0 Å². The fraction of sp³-hybridized carbons (Fsp3) is 0.364. The topological polar surface area (TPSA) is 49.3 Å². The number of hydrogen-bond donors (Lipinski definition) is 2. The van der Waals surface area contributed by atoms with Crippen molar-refractivity contribution in [3.05, 3.63) is 29.3 Å². The summed E-state index contributed by atoms with van der Waals surface area (Å²) < 4.78 is 0. The second-order valence-corrected chi connectivity index (χ2v) is 3.59. The van der Waals surface area contributed by atoms with Gasteiger partial charge < -0.3 is 10.4 Å². The molecule has 1 heterocycles. The van der Waals surface area contributed by atoms with Crippen molar-refractivity contribution in [2.24, 2.45) is 0 Å². The lowest BCUT2D eigenvalue weighted by Gasteiger charge is -2.06. The molecule has 0 bridgehead atoms. The average molecular weight is 191 g/mol. The summed E-state index contributed by atoms with van der Waals surface area (Å²) in [7, 11) is 0. The molecule has 1 aromatic rings. The predicted molar refractivity (Wildman–Crippen MR) is 54.9 cm³/mol. The minimum absolute atomic E-state index is 0.380. The van der Waals surface area contributed by atoms with Crippen molar-refractivity contribution in [2.75, 3.05) is 11.9 Å². The third kappa shape index (κ3) is 1.35. The molecular weight excluding hydrogens is 178 g/mol. The van der Waals surface area contributed by atoms with E-state index in [1.54, 1.807) is 12.1 Å². The minimum Gasteiger partial charge on any atom is -0.478 e. The van der Waals surface area contributed by atoms with Gasteiger partial charge in [0, 0.05) is 18.2 Å². The van der Waals surface area contributed by atoms with E-state index in [1.165, 1.54) is 0 Å². The maximum Gasteiger partial charge on any atom is 0.335 e. The molecule has 0 saturated carbocycles. The molecule has 0 spiro atoms. The van der Waals surface area contributed by atoms with Crippen LogP contribution in [0.15, 0.2) is 18.2 Å². The molecule has 1 unspecified atom stereocenters. The Morgan fingerprint density at radius 2 is 2.43 bits per heavy atom. The number of rotatable bonds is 2. The van der Waals surface area contributed by atoms with Crippen molar-refractivity contribution in [2.45, 2.75) is 19.3 Å². The van der Waals surface area contributed by atoms with Crippen LogP contribution in [0.5, 0.6) is 0 Å². The molecule has 0 aliphatic carbocycles. The molecule has 0 amide bonds. The molecule has 14 heavy (non-hydrogen) atoms. The van der Waals surface area contributed by atoms with Gasteiger partial charge in [-0.1, -0.05) is 6.92 Å². The monoisotopic (exact) mass is 191 g/mol. The maximum absolute atomic E-state index is 10.8. The summed E-state index contributed by atoms with van der Waals surface area (Å²) in [5.74, 6) is -0.390. The lowest BCUT2D eigenvalue weighted by atomic mass is 9.97. The van der Waals surface area contributed by atoms with E-state index in [1.807, 2.05) is 6.07 Å². The number of carbonyl (C=O) groups is 1. The van der Waals surface area contributed by atoms with Crippen LogP contribution < -0.4 is 5.32 Å². The van der Waals surface area contributed by atoms with Crippen LogP contribution >= 0.6 is 0 Å². The first-order valence-corrected chi connectivity index (χ1v) is 4.83. The highest BCUT2D eigenvalue weighted by molar-refractivity contribution is 5.88. The molecule has 1 atom stereocenters. The molecule has 1 aliphatic rings. The molecular formula is C11H13NO2. The first-order valence-electron chi connectivity index (χ1n) is 4.83. The molecule has 1 aromatic carbocycles. The highest BCUT2D eigenvalue weighted by Crippen LogP contribution is 2.33. The van der Waals surface area contributed by atoms with Crippen LogP contribution in [0, 0.1) is 0 Å². The van der Waals surface area contributed by atoms with Gasteiger partial charge in [0.15, 0.2) is 0 Å². The summed E-state index contributed by atoms with van der Waals surface area (Å²) in [5.41, 5.74) is 2.61. The van der Waals surface area contributed by atoms with E-state index in [0.717, 1.165) is 24.2 Å². The van der Waals surface area contributed by atoms with E-state index in [-0.39, 0.29) is 0 Å². The average Bonchev–Trinajstić information content (AvgIpc) is 2.59. The highest BCUT2D eigenvalue weighted by Gasteiger charge is 2.21. The largest absolute Gasteiger partial charge is 0.478 e. The van der Waals surface area contributed by atoms with E-state index in [9.17, 15) is 4.79 Å². The third-order valence-corrected chi connectivity index (χ3v) is 2.77. The molecule has 0 fully saturated rings. The number of hydrogen-bond acceptors (Lipinski definition) is 2. The van der Waals surface area contributed by atoms with Crippen molar-refractivity contribution >= 4 is 11.7 Å². The maximum atomic E-state index is 10.8. The predicted octanol–water partition coefficient (Wildman–Crippen LogP) is 2.30. The molecule has 2 N–H and O–H groups in total. The number of aromatic carboxylic acids is 1. The normalized spacial score (nSPS) is 18.8. The first kappa shape index (κ1) is 9.06. The summed E-state index contributed by atoms with van der Waals surface area (Å²) in [6.07, 6.45) is 1.04. The van der Waals surface area contributed by atoms with Crippen molar-refractivity contribution < 1.29 is 9.90 Å². The van der Waals surface area contributed by atoms with Gasteiger partial charge in [0.25, 0.3) is 0 Å². The van der Waals surface area contributed by atoms with Crippen LogP contribution in [0.25, 0.3) is 0 Å². The molecule has 3 heteroatoms. The molecule has 0 saturated heterocycles. The van der Waals surface area contributed by atoms with Gasteiger partial charge >= 0.3 is 5.97 Å². The second kappa shape index (κ2) is 3.33. The van der Waals surface area contributed by atoms with Gasteiger partial charge in [0.1, 0.15) is 0 Å². The van der Waals surface area contributed by atoms with Crippen molar-refractivity contribution in [3.8, 4) is 0 Å². The molecule has 3 nitrogen and oxygen atoms in total. The summed E-state index contributed by atoms with van der Waals surface area (Å²) in [6, 6.07) is 5.28. The summed E-state index contributed by atoms with van der Waals surface area (Å²) >= 11 is 0. The standard InChI is InChI=1S/C11H13NO2/c1-2-7-6-12-10-4-3-8(11(13)14)5-9(7)10/h3-5,7,12H,2,6H2,1H3,(H,13,14). The fourth-order valence-electron chi connectivity index (χ4n) is 1.90. The van der Waals surface area contributed by atoms with Crippen molar-refractivity contribution in [1.82, 2.24) is 0 Å². The quantitative estimate of drug-likeness (QED) is 0.754. The molecule has 0 radical (unpaired) electrons. The SMILES string of the molecule is CCC1CNc2ccc(C(=O)O)cc21. The fourth-order valence-corrected chi connectivity index (χ4v) is 1.90. The van der Waals surface area contributed by atoms with Crippen molar-refractivity contribution in [1.29, 1.82) is 0 Å². The van der Waals surface area contributed by atoms with E-state index in [2.05, 4.69) is 12.2 Å². The minimum atomic E-state index is -0.852. The Hall–Kier alpha value is -1.51. The Morgan fingerprint density at radius 3 is 3.07 bits per heavy atom. The van der Waals surface area contributed by atoms with E-state index in [0.29, 0.717) is 11.5 Å². The van der Waals surface area contributed by atoms with Crippen molar-refractivity contribution in [3.63, 3.8) is 0 Å². The van der Waals surface area contributed by atoms with Gasteiger partial charge in [-0.3, -0.25) is 0 Å². The molecule has 2 rings (SSSR count). The lowest BCUT2D eigenvalue weighted by molar-refractivity contribution is 0.0697. The van der Waals surface area contributed by atoms with E-state index in [4.69, 9.17) is 5.11 Å². The van der Waals surface area contributed by atoms with Crippen LogP contribution in [0.1, 0.15) is 35.2 Å². The number of nitrogens with one attached hydrogen (secondary N) is 1. The van der Waals surface area contributed by atoms with Gasteiger partial charge in [-0.2, -0.15) is 0 Å². The first-order chi connectivity index (χ1) is 6.72. The van der Waals surface area contributed by atoms with Gasteiger partial charge in [0.2, 0.25) is 0 Å². The molecule has 74 valence electrons. The zero-order valence-corrected chi connectivity index (χ0v) is 8.08. The summed E-state index contributed by atoms with van der Waals surface area (Å²) in [4.78, 5) is 10.8. The van der Waals surface area contributed by atoms with E-state index >= 15 is 0 Å². The Morgan fingerprint density at radius 1 is 1.64 bits per heavy atom. The number of carboxylic acid groups (broad SMARTS) is 1. The summed E-state index contributed by atoms with van der Waals surface area (Å²) in [6.45, 7) is 3.05. The number of fused-ring (bicyclic) bond motifs is 1. The van der Waals surface area contributed by atoms with Crippen LogP contribution in [0.2, 0.25) is 0 Å². The third-order valence-electron chi connectivity index (χ3n) is 2.77. The number of anilines is 1.